The fourth-order valence-corrected chi connectivity index (χ4v) is 2.88. The highest BCUT2D eigenvalue weighted by molar-refractivity contribution is 5.95. The summed E-state index contributed by atoms with van der Waals surface area (Å²) in [7, 11) is 1.61. The van der Waals surface area contributed by atoms with E-state index >= 15 is 0 Å². The van der Waals surface area contributed by atoms with E-state index in [4.69, 9.17) is 9.47 Å². The first-order chi connectivity index (χ1) is 11.0. The molecule has 1 amide bonds. The Morgan fingerprint density at radius 1 is 1.35 bits per heavy atom. The molecule has 23 heavy (non-hydrogen) atoms. The molecule has 1 aliphatic heterocycles. The molecule has 0 spiro atoms. The number of hydrogen-bond donors (Lipinski definition) is 0. The van der Waals surface area contributed by atoms with Crippen LogP contribution in [0.2, 0.25) is 0 Å². The van der Waals surface area contributed by atoms with E-state index in [2.05, 4.69) is 20.8 Å². The number of likely N-dealkylation sites (tertiary alicyclic amines) is 1. The molecule has 4 heteroatoms. The normalized spacial score (nSPS) is 18.1. The van der Waals surface area contributed by atoms with Gasteiger partial charge in [0, 0.05) is 18.7 Å². The van der Waals surface area contributed by atoms with Gasteiger partial charge in [-0.25, -0.2) is 0 Å². The van der Waals surface area contributed by atoms with Gasteiger partial charge in [0.1, 0.15) is 0 Å². The molecule has 0 bridgehead atoms. The number of nitrogens with zero attached hydrogens (tertiary/aromatic N) is 1. The standard InChI is InChI=1S/C19H29NO3/c1-14(2)9-11-23-17-8-7-16(12-18(17)22-4)19(21)20-10-5-6-15(3)13-20/h7-8,12,14-15H,5-6,9-11,13H2,1-4H3. The predicted octanol–water partition coefficient (Wildman–Crippen LogP) is 3.99. The van der Waals surface area contributed by atoms with E-state index in [1.54, 1.807) is 13.2 Å². The molecule has 1 aromatic carbocycles. The van der Waals surface area contributed by atoms with Crippen LogP contribution in [0.3, 0.4) is 0 Å². The Kier molecular flexibility index (Phi) is 6.31. The molecule has 128 valence electrons. The highest BCUT2D eigenvalue weighted by atomic mass is 16.5. The third-order valence-electron chi connectivity index (χ3n) is 4.31. The smallest absolute Gasteiger partial charge is 0.254 e. The van der Waals surface area contributed by atoms with Crippen molar-refractivity contribution in [2.45, 2.75) is 40.0 Å². The maximum absolute atomic E-state index is 12.7. The van der Waals surface area contributed by atoms with Gasteiger partial charge in [-0.2, -0.15) is 0 Å². The summed E-state index contributed by atoms with van der Waals surface area (Å²) in [5, 5.41) is 0. The van der Waals surface area contributed by atoms with Crippen LogP contribution in [0.5, 0.6) is 11.5 Å². The second-order valence-corrected chi connectivity index (χ2v) is 6.90. The Labute approximate surface area is 139 Å². The lowest BCUT2D eigenvalue weighted by Crippen LogP contribution is -2.39. The molecule has 0 saturated carbocycles. The Morgan fingerprint density at radius 2 is 2.13 bits per heavy atom. The summed E-state index contributed by atoms with van der Waals surface area (Å²) in [4.78, 5) is 14.6. The number of benzene rings is 1. The van der Waals surface area contributed by atoms with Gasteiger partial charge in [0.15, 0.2) is 11.5 Å². The highest BCUT2D eigenvalue weighted by Gasteiger charge is 2.23. The maximum atomic E-state index is 12.7. The summed E-state index contributed by atoms with van der Waals surface area (Å²) in [5.41, 5.74) is 0.673. The molecule has 0 radical (unpaired) electrons. The molecule has 1 heterocycles. The number of carbonyl (C=O) groups is 1. The van der Waals surface area contributed by atoms with Gasteiger partial charge >= 0.3 is 0 Å². The fourth-order valence-electron chi connectivity index (χ4n) is 2.88. The van der Waals surface area contributed by atoms with E-state index in [0.717, 1.165) is 25.9 Å². The van der Waals surface area contributed by atoms with E-state index in [1.807, 2.05) is 17.0 Å². The summed E-state index contributed by atoms with van der Waals surface area (Å²) in [6.07, 6.45) is 3.28. The minimum Gasteiger partial charge on any atom is -0.493 e. The van der Waals surface area contributed by atoms with Gasteiger partial charge in [-0.15, -0.1) is 0 Å². The highest BCUT2D eigenvalue weighted by Crippen LogP contribution is 2.29. The Hall–Kier alpha value is -1.71. The van der Waals surface area contributed by atoms with Gasteiger partial charge < -0.3 is 14.4 Å². The molecule has 1 saturated heterocycles. The Morgan fingerprint density at radius 3 is 2.78 bits per heavy atom. The van der Waals surface area contributed by atoms with Gasteiger partial charge in [0.25, 0.3) is 5.91 Å². The minimum atomic E-state index is 0.0866. The van der Waals surface area contributed by atoms with Crippen LogP contribution < -0.4 is 9.47 Å². The molecule has 1 aromatic rings. The van der Waals surface area contributed by atoms with Crippen molar-refractivity contribution in [2.75, 3.05) is 26.8 Å². The van der Waals surface area contributed by atoms with Crippen LogP contribution in [-0.2, 0) is 0 Å². The van der Waals surface area contributed by atoms with Crippen LogP contribution in [0.1, 0.15) is 50.4 Å². The first kappa shape index (κ1) is 17.6. The van der Waals surface area contributed by atoms with Crippen LogP contribution in [-0.4, -0.2) is 37.6 Å². The summed E-state index contributed by atoms with van der Waals surface area (Å²) < 4.78 is 11.2. The number of amides is 1. The zero-order valence-corrected chi connectivity index (χ0v) is 14.8. The van der Waals surface area contributed by atoms with Gasteiger partial charge in [-0.05, 0) is 49.3 Å². The van der Waals surface area contributed by atoms with E-state index < -0.39 is 0 Å². The quantitative estimate of drug-likeness (QED) is 0.796. The first-order valence-electron chi connectivity index (χ1n) is 8.61. The number of rotatable bonds is 6. The molecule has 1 aliphatic rings. The van der Waals surface area contributed by atoms with Crippen molar-refractivity contribution < 1.29 is 14.3 Å². The number of piperidine rings is 1. The monoisotopic (exact) mass is 319 g/mol. The SMILES string of the molecule is COc1cc(C(=O)N2CCCC(C)C2)ccc1OCCC(C)C. The fraction of sp³-hybridized carbons (Fsp3) is 0.632. The lowest BCUT2D eigenvalue weighted by molar-refractivity contribution is 0.0682. The van der Waals surface area contributed by atoms with Crippen molar-refractivity contribution in [1.82, 2.24) is 4.90 Å². The molecular formula is C19H29NO3. The average molecular weight is 319 g/mol. The summed E-state index contributed by atoms with van der Waals surface area (Å²) >= 11 is 0. The number of ether oxygens (including phenoxy) is 2. The van der Waals surface area contributed by atoms with E-state index in [1.165, 1.54) is 6.42 Å². The number of methoxy groups -OCH3 is 1. The lowest BCUT2D eigenvalue weighted by atomic mass is 9.99. The van der Waals surface area contributed by atoms with Crippen molar-refractivity contribution in [1.29, 1.82) is 0 Å². The maximum Gasteiger partial charge on any atom is 0.254 e. The minimum absolute atomic E-state index is 0.0866. The number of hydrogen-bond acceptors (Lipinski definition) is 3. The lowest BCUT2D eigenvalue weighted by Gasteiger charge is -2.31. The Balaban J connectivity index is 2.06. The predicted molar refractivity (Wildman–Crippen MR) is 92.2 cm³/mol. The summed E-state index contributed by atoms with van der Waals surface area (Å²) in [6, 6.07) is 5.49. The van der Waals surface area contributed by atoms with Crippen molar-refractivity contribution in [3.8, 4) is 11.5 Å². The van der Waals surface area contributed by atoms with Gasteiger partial charge in [-0.3, -0.25) is 4.79 Å². The average Bonchev–Trinajstić information content (AvgIpc) is 2.54. The van der Waals surface area contributed by atoms with Gasteiger partial charge in [0.05, 0.1) is 13.7 Å². The number of carbonyl (C=O) groups excluding carboxylic acids is 1. The van der Waals surface area contributed by atoms with Crippen LogP contribution in [0.4, 0.5) is 0 Å². The topological polar surface area (TPSA) is 38.8 Å². The van der Waals surface area contributed by atoms with Crippen LogP contribution in [0, 0.1) is 11.8 Å². The summed E-state index contributed by atoms with van der Waals surface area (Å²) in [5.74, 6) is 2.60. The molecule has 1 atom stereocenters. The molecule has 1 fully saturated rings. The first-order valence-corrected chi connectivity index (χ1v) is 8.61. The zero-order valence-electron chi connectivity index (χ0n) is 14.8. The molecular weight excluding hydrogens is 290 g/mol. The molecule has 0 N–H and O–H groups in total. The van der Waals surface area contributed by atoms with Crippen molar-refractivity contribution in [3.63, 3.8) is 0 Å². The second kappa shape index (κ2) is 8.23. The van der Waals surface area contributed by atoms with Crippen molar-refractivity contribution in [2.24, 2.45) is 11.8 Å². The van der Waals surface area contributed by atoms with Crippen molar-refractivity contribution in [3.05, 3.63) is 23.8 Å². The summed E-state index contributed by atoms with van der Waals surface area (Å²) in [6.45, 7) is 8.88. The van der Waals surface area contributed by atoms with Crippen molar-refractivity contribution >= 4 is 5.91 Å². The molecule has 1 unspecified atom stereocenters. The second-order valence-electron chi connectivity index (χ2n) is 6.90. The molecule has 4 nitrogen and oxygen atoms in total. The van der Waals surface area contributed by atoms with E-state index in [-0.39, 0.29) is 5.91 Å². The van der Waals surface area contributed by atoms with Gasteiger partial charge in [0.2, 0.25) is 0 Å². The molecule has 2 rings (SSSR count). The van der Waals surface area contributed by atoms with Crippen LogP contribution in [0.25, 0.3) is 0 Å². The van der Waals surface area contributed by atoms with E-state index in [0.29, 0.717) is 35.5 Å². The molecule has 0 aromatic heterocycles. The third-order valence-corrected chi connectivity index (χ3v) is 4.31. The van der Waals surface area contributed by atoms with Crippen LogP contribution in [0.15, 0.2) is 18.2 Å². The van der Waals surface area contributed by atoms with Crippen LogP contribution >= 0.6 is 0 Å². The Bertz CT molecular complexity index is 527. The molecule has 0 aliphatic carbocycles. The third kappa shape index (κ3) is 4.88. The van der Waals surface area contributed by atoms with Gasteiger partial charge in [-0.1, -0.05) is 20.8 Å². The zero-order chi connectivity index (χ0) is 16.8. The largest absolute Gasteiger partial charge is 0.493 e. The van der Waals surface area contributed by atoms with E-state index in [9.17, 15) is 4.79 Å².